The van der Waals surface area contributed by atoms with Crippen LogP contribution in [0.4, 0.5) is 0 Å². The molecule has 0 amide bonds. The van der Waals surface area contributed by atoms with Crippen LogP contribution in [-0.2, 0) is 6.42 Å². The molecule has 0 radical (unpaired) electrons. The lowest BCUT2D eigenvalue weighted by Crippen LogP contribution is -2.10. The second-order valence-electron chi connectivity index (χ2n) is 5.00. The number of benzene rings is 1. The average molecular weight is 266 g/mol. The van der Waals surface area contributed by atoms with Gasteiger partial charge in [0, 0.05) is 16.9 Å². The normalized spacial score (nSPS) is 16.4. The Morgan fingerprint density at radius 2 is 2.11 bits per heavy atom. The van der Waals surface area contributed by atoms with E-state index in [1.54, 1.807) is 0 Å². The monoisotopic (exact) mass is 266 g/mol. The molecule has 0 N–H and O–H groups in total. The standard InChI is InChI=1S/C16H14N2S/c1-11-9-15-13-6-2-3-7-14(13)16(18(15)17-11)10-12-5-4-8-19-12/h2-9,16H,10H2,1H3. The van der Waals surface area contributed by atoms with Gasteiger partial charge in [0.1, 0.15) is 0 Å². The number of thiophene rings is 1. The van der Waals surface area contributed by atoms with Crippen molar-refractivity contribution in [1.82, 2.24) is 9.78 Å². The van der Waals surface area contributed by atoms with Gasteiger partial charge in [-0.15, -0.1) is 11.3 Å². The minimum Gasteiger partial charge on any atom is -0.257 e. The van der Waals surface area contributed by atoms with Crippen molar-refractivity contribution in [2.45, 2.75) is 19.4 Å². The second kappa shape index (κ2) is 4.07. The highest BCUT2D eigenvalue weighted by atomic mass is 32.1. The molecule has 19 heavy (non-hydrogen) atoms. The summed E-state index contributed by atoms with van der Waals surface area (Å²) in [6, 6.07) is 15.5. The number of hydrogen-bond donors (Lipinski definition) is 0. The van der Waals surface area contributed by atoms with E-state index in [9.17, 15) is 0 Å². The summed E-state index contributed by atoms with van der Waals surface area (Å²) in [5, 5.41) is 6.83. The molecule has 2 aromatic heterocycles. The van der Waals surface area contributed by atoms with Crippen LogP contribution in [0.15, 0.2) is 47.8 Å². The number of rotatable bonds is 2. The van der Waals surface area contributed by atoms with Gasteiger partial charge >= 0.3 is 0 Å². The zero-order valence-electron chi connectivity index (χ0n) is 10.7. The van der Waals surface area contributed by atoms with Gasteiger partial charge in [-0.1, -0.05) is 30.3 Å². The molecule has 1 unspecified atom stereocenters. The second-order valence-corrected chi connectivity index (χ2v) is 6.03. The van der Waals surface area contributed by atoms with Crippen LogP contribution in [0.25, 0.3) is 11.3 Å². The summed E-state index contributed by atoms with van der Waals surface area (Å²) >= 11 is 1.82. The summed E-state index contributed by atoms with van der Waals surface area (Å²) in [4.78, 5) is 1.42. The lowest BCUT2D eigenvalue weighted by atomic mass is 10.0. The maximum atomic E-state index is 4.69. The third-order valence-corrected chi connectivity index (χ3v) is 4.62. The van der Waals surface area contributed by atoms with Crippen LogP contribution >= 0.6 is 11.3 Å². The van der Waals surface area contributed by atoms with Gasteiger partial charge in [0.25, 0.3) is 0 Å². The smallest absolute Gasteiger partial charge is 0.0830 e. The number of hydrogen-bond acceptors (Lipinski definition) is 2. The molecule has 0 saturated carbocycles. The molecule has 1 atom stereocenters. The molecule has 0 bridgehead atoms. The predicted octanol–water partition coefficient (Wildman–Crippen LogP) is 4.07. The molecule has 2 nitrogen and oxygen atoms in total. The Morgan fingerprint density at radius 1 is 1.21 bits per heavy atom. The maximum Gasteiger partial charge on any atom is 0.0830 e. The van der Waals surface area contributed by atoms with Crippen molar-refractivity contribution in [2.24, 2.45) is 0 Å². The Kier molecular flexibility index (Phi) is 2.35. The summed E-state index contributed by atoms with van der Waals surface area (Å²) in [6.07, 6.45) is 1.03. The van der Waals surface area contributed by atoms with Crippen LogP contribution < -0.4 is 0 Å². The van der Waals surface area contributed by atoms with E-state index in [-0.39, 0.29) is 0 Å². The van der Waals surface area contributed by atoms with E-state index in [2.05, 4.69) is 64.5 Å². The first-order valence-corrected chi connectivity index (χ1v) is 7.39. The fourth-order valence-corrected chi connectivity index (χ4v) is 3.67. The van der Waals surface area contributed by atoms with Crippen LogP contribution in [0, 0.1) is 6.92 Å². The fraction of sp³-hybridized carbons (Fsp3) is 0.188. The van der Waals surface area contributed by atoms with Gasteiger partial charge in [-0.3, -0.25) is 4.68 Å². The lowest BCUT2D eigenvalue weighted by Gasteiger charge is -2.12. The highest BCUT2D eigenvalue weighted by molar-refractivity contribution is 7.09. The van der Waals surface area contributed by atoms with E-state index in [1.165, 1.54) is 21.7 Å². The zero-order valence-corrected chi connectivity index (χ0v) is 11.5. The molecule has 94 valence electrons. The minimum absolute atomic E-state index is 0.346. The quantitative estimate of drug-likeness (QED) is 0.684. The molecule has 0 aliphatic carbocycles. The Hall–Kier alpha value is -1.87. The summed E-state index contributed by atoms with van der Waals surface area (Å²) in [5.74, 6) is 0. The van der Waals surface area contributed by atoms with Crippen LogP contribution in [0.1, 0.15) is 22.2 Å². The first kappa shape index (κ1) is 11.0. The number of aromatic nitrogens is 2. The first-order chi connectivity index (χ1) is 9.33. The van der Waals surface area contributed by atoms with Gasteiger partial charge in [0.2, 0.25) is 0 Å². The Labute approximate surface area is 116 Å². The molecule has 3 heteroatoms. The third-order valence-electron chi connectivity index (χ3n) is 3.72. The van der Waals surface area contributed by atoms with Crippen molar-refractivity contribution in [3.05, 3.63) is 64.0 Å². The van der Waals surface area contributed by atoms with Crippen LogP contribution in [0.2, 0.25) is 0 Å². The molecule has 1 aliphatic rings. The third kappa shape index (κ3) is 1.65. The molecule has 1 aliphatic heterocycles. The van der Waals surface area contributed by atoms with Crippen molar-refractivity contribution < 1.29 is 0 Å². The van der Waals surface area contributed by atoms with E-state index in [0.717, 1.165) is 12.1 Å². The number of aryl methyl sites for hydroxylation is 1. The lowest BCUT2D eigenvalue weighted by molar-refractivity contribution is 0.546. The minimum atomic E-state index is 0.346. The van der Waals surface area contributed by atoms with Crippen LogP contribution in [0.3, 0.4) is 0 Å². The van der Waals surface area contributed by atoms with E-state index in [0.29, 0.717) is 6.04 Å². The Morgan fingerprint density at radius 3 is 2.95 bits per heavy atom. The molecular formula is C16H14N2S. The molecule has 3 heterocycles. The first-order valence-electron chi connectivity index (χ1n) is 6.51. The average Bonchev–Trinajstić information content (AvgIpc) is 3.09. The van der Waals surface area contributed by atoms with E-state index >= 15 is 0 Å². The zero-order chi connectivity index (χ0) is 12.8. The van der Waals surface area contributed by atoms with Gasteiger partial charge in [-0.2, -0.15) is 5.10 Å². The van der Waals surface area contributed by atoms with E-state index in [4.69, 9.17) is 0 Å². The van der Waals surface area contributed by atoms with Gasteiger partial charge < -0.3 is 0 Å². The van der Waals surface area contributed by atoms with Gasteiger partial charge in [0.05, 0.1) is 17.4 Å². The van der Waals surface area contributed by atoms with Crippen molar-refractivity contribution in [3.63, 3.8) is 0 Å². The molecule has 4 rings (SSSR count). The SMILES string of the molecule is Cc1cc2n(n1)C(Cc1cccs1)c1ccccc1-2. The predicted molar refractivity (Wildman–Crippen MR) is 78.6 cm³/mol. The van der Waals surface area contributed by atoms with Crippen molar-refractivity contribution >= 4 is 11.3 Å². The highest BCUT2D eigenvalue weighted by Crippen LogP contribution is 2.41. The van der Waals surface area contributed by atoms with Crippen LogP contribution in [-0.4, -0.2) is 9.78 Å². The molecule has 1 aromatic carbocycles. The van der Waals surface area contributed by atoms with Crippen molar-refractivity contribution in [1.29, 1.82) is 0 Å². The Bertz CT molecular complexity index is 725. The molecule has 3 aromatic rings. The maximum absolute atomic E-state index is 4.69. The Balaban J connectivity index is 1.85. The molecule has 0 fully saturated rings. The van der Waals surface area contributed by atoms with Crippen molar-refractivity contribution in [2.75, 3.05) is 0 Å². The highest BCUT2D eigenvalue weighted by Gasteiger charge is 2.29. The molecule has 0 spiro atoms. The van der Waals surface area contributed by atoms with Gasteiger partial charge in [-0.05, 0) is 30.0 Å². The molecule has 0 saturated heterocycles. The fourth-order valence-electron chi connectivity index (χ4n) is 2.92. The summed E-state index contributed by atoms with van der Waals surface area (Å²) in [5.41, 5.74) is 5.10. The topological polar surface area (TPSA) is 17.8 Å². The number of fused-ring (bicyclic) bond motifs is 3. The number of nitrogens with zero attached hydrogens (tertiary/aromatic N) is 2. The van der Waals surface area contributed by atoms with E-state index < -0.39 is 0 Å². The van der Waals surface area contributed by atoms with Gasteiger partial charge in [0.15, 0.2) is 0 Å². The summed E-state index contributed by atoms with van der Waals surface area (Å²) in [7, 11) is 0. The largest absolute Gasteiger partial charge is 0.257 e. The summed E-state index contributed by atoms with van der Waals surface area (Å²) < 4.78 is 2.19. The van der Waals surface area contributed by atoms with Crippen LogP contribution in [0.5, 0.6) is 0 Å². The molecular weight excluding hydrogens is 252 g/mol. The van der Waals surface area contributed by atoms with Gasteiger partial charge in [-0.25, -0.2) is 0 Å². The van der Waals surface area contributed by atoms with Crippen molar-refractivity contribution in [3.8, 4) is 11.3 Å². The van der Waals surface area contributed by atoms with E-state index in [1.807, 2.05) is 11.3 Å². The summed E-state index contributed by atoms with van der Waals surface area (Å²) in [6.45, 7) is 2.07.